The van der Waals surface area contributed by atoms with Crippen LogP contribution in [0.25, 0.3) is 0 Å². The lowest BCUT2D eigenvalue weighted by molar-refractivity contribution is -0.120. The van der Waals surface area contributed by atoms with Gasteiger partial charge in [0.05, 0.1) is 32.6 Å². The number of benzene rings is 1. The van der Waals surface area contributed by atoms with Crippen LogP contribution in [-0.2, 0) is 17.8 Å². The molecule has 158 valence electrons. The quantitative estimate of drug-likeness (QED) is 0.393. The fourth-order valence-corrected chi connectivity index (χ4v) is 2.62. The molecule has 0 spiro atoms. The van der Waals surface area contributed by atoms with E-state index in [4.69, 9.17) is 13.9 Å². The van der Waals surface area contributed by atoms with Crippen LogP contribution in [0.15, 0.2) is 46.0 Å². The molecule has 3 N–H and O–H groups in total. The normalized spacial score (nSPS) is 11.1. The number of carbonyl (C=O) groups excluding carboxylic acids is 1. The lowest BCUT2D eigenvalue weighted by atomic mass is 10.1. The fourth-order valence-electron chi connectivity index (χ4n) is 2.62. The maximum atomic E-state index is 11.9. The number of rotatable bonds is 11. The minimum atomic E-state index is -0.141. The molecule has 1 aromatic heterocycles. The first-order valence-corrected chi connectivity index (χ1v) is 9.78. The van der Waals surface area contributed by atoms with Gasteiger partial charge in [0.25, 0.3) is 0 Å². The third kappa shape index (κ3) is 7.77. The molecule has 1 amide bonds. The van der Waals surface area contributed by atoms with Crippen LogP contribution < -0.4 is 25.4 Å². The van der Waals surface area contributed by atoms with Crippen LogP contribution in [0.3, 0.4) is 0 Å². The first-order valence-electron chi connectivity index (χ1n) is 9.78. The van der Waals surface area contributed by atoms with Gasteiger partial charge in [0.1, 0.15) is 5.76 Å². The summed E-state index contributed by atoms with van der Waals surface area (Å²) >= 11 is 0. The van der Waals surface area contributed by atoms with E-state index in [1.54, 1.807) is 19.4 Å². The smallest absolute Gasteiger partial charge is 0.239 e. The fraction of sp³-hybridized carbons (Fsp3) is 0.429. The minimum absolute atomic E-state index is 0.123. The van der Waals surface area contributed by atoms with Gasteiger partial charge in [-0.05, 0) is 50.1 Å². The molecule has 2 rings (SSSR count). The van der Waals surface area contributed by atoms with Gasteiger partial charge in [0.15, 0.2) is 17.5 Å². The number of ether oxygens (including phenoxy) is 2. The highest BCUT2D eigenvalue weighted by Crippen LogP contribution is 2.28. The Morgan fingerprint density at radius 3 is 2.55 bits per heavy atom. The number of amides is 1. The van der Waals surface area contributed by atoms with E-state index in [1.165, 1.54) is 0 Å². The minimum Gasteiger partial charge on any atom is -0.490 e. The maximum Gasteiger partial charge on any atom is 0.239 e. The van der Waals surface area contributed by atoms with Gasteiger partial charge in [0, 0.05) is 13.6 Å². The molecule has 1 heterocycles. The van der Waals surface area contributed by atoms with E-state index < -0.39 is 0 Å². The summed E-state index contributed by atoms with van der Waals surface area (Å²) in [7, 11) is 1.67. The zero-order valence-corrected chi connectivity index (χ0v) is 17.3. The largest absolute Gasteiger partial charge is 0.490 e. The second-order valence-corrected chi connectivity index (χ2v) is 6.11. The number of nitrogens with one attached hydrogen (secondary N) is 3. The summed E-state index contributed by atoms with van der Waals surface area (Å²) in [4.78, 5) is 16.1. The van der Waals surface area contributed by atoms with Crippen molar-refractivity contribution in [2.24, 2.45) is 4.99 Å². The van der Waals surface area contributed by atoms with Gasteiger partial charge in [-0.25, -0.2) is 0 Å². The number of hydrogen-bond donors (Lipinski definition) is 3. The van der Waals surface area contributed by atoms with Gasteiger partial charge in [-0.2, -0.15) is 0 Å². The first kappa shape index (κ1) is 22.1. The highest BCUT2D eigenvalue weighted by molar-refractivity contribution is 5.86. The van der Waals surface area contributed by atoms with Crippen LogP contribution in [0, 0.1) is 0 Å². The molecular formula is C21H30N4O4. The van der Waals surface area contributed by atoms with Crippen molar-refractivity contribution in [3.8, 4) is 11.5 Å². The number of nitrogens with zero attached hydrogens (tertiary/aromatic N) is 1. The van der Waals surface area contributed by atoms with Crippen molar-refractivity contribution in [1.29, 1.82) is 0 Å². The van der Waals surface area contributed by atoms with E-state index in [-0.39, 0.29) is 12.5 Å². The molecule has 29 heavy (non-hydrogen) atoms. The van der Waals surface area contributed by atoms with E-state index in [0.717, 1.165) is 23.5 Å². The van der Waals surface area contributed by atoms with Crippen LogP contribution in [0.4, 0.5) is 0 Å². The van der Waals surface area contributed by atoms with Gasteiger partial charge < -0.3 is 29.8 Å². The standard InChI is InChI=1S/C21H30N4O4/c1-4-27-18-9-8-16(13-19(18)28-5-2)10-11-23-21(22-3)25-15-20(26)24-14-17-7-6-12-29-17/h6-9,12-13H,4-5,10-11,14-15H2,1-3H3,(H,24,26)(H2,22,23,25). The van der Waals surface area contributed by atoms with Crippen LogP contribution in [-0.4, -0.2) is 45.2 Å². The molecule has 8 heteroatoms. The highest BCUT2D eigenvalue weighted by atomic mass is 16.5. The third-order valence-electron chi connectivity index (χ3n) is 3.99. The molecule has 0 aliphatic heterocycles. The zero-order chi connectivity index (χ0) is 20.9. The molecular weight excluding hydrogens is 372 g/mol. The molecule has 8 nitrogen and oxygen atoms in total. The SMILES string of the molecule is CCOc1ccc(CCNC(=NC)NCC(=O)NCc2ccco2)cc1OCC. The Hall–Kier alpha value is -3.16. The van der Waals surface area contributed by atoms with Crippen molar-refractivity contribution in [3.05, 3.63) is 47.9 Å². The molecule has 0 atom stereocenters. The maximum absolute atomic E-state index is 11.9. The molecule has 0 unspecified atom stereocenters. The summed E-state index contributed by atoms with van der Waals surface area (Å²) in [6, 6.07) is 9.54. The highest BCUT2D eigenvalue weighted by Gasteiger charge is 2.07. The third-order valence-corrected chi connectivity index (χ3v) is 3.99. The zero-order valence-electron chi connectivity index (χ0n) is 17.3. The van der Waals surface area contributed by atoms with Crippen LogP contribution in [0.2, 0.25) is 0 Å². The van der Waals surface area contributed by atoms with Gasteiger partial charge in [-0.15, -0.1) is 0 Å². The summed E-state index contributed by atoms with van der Waals surface area (Å²) in [5.74, 6) is 2.64. The monoisotopic (exact) mass is 402 g/mol. The van der Waals surface area contributed by atoms with Crippen molar-refractivity contribution in [1.82, 2.24) is 16.0 Å². The molecule has 2 aromatic rings. The molecule has 0 saturated heterocycles. The summed E-state index contributed by atoms with van der Waals surface area (Å²) in [6.45, 7) is 6.22. The number of furan rings is 1. The van der Waals surface area contributed by atoms with E-state index >= 15 is 0 Å². The molecule has 0 saturated carbocycles. The van der Waals surface area contributed by atoms with E-state index in [2.05, 4.69) is 20.9 Å². The molecule has 1 aromatic carbocycles. The van der Waals surface area contributed by atoms with Crippen LogP contribution >= 0.6 is 0 Å². The Balaban J connectivity index is 1.74. The lowest BCUT2D eigenvalue weighted by Crippen LogP contribution is -2.43. The van der Waals surface area contributed by atoms with Crippen LogP contribution in [0.1, 0.15) is 25.2 Å². The van der Waals surface area contributed by atoms with E-state index in [9.17, 15) is 4.79 Å². The first-order chi connectivity index (χ1) is 14.2. The number of guanidine groups is 1. The van der Waals surface area contributed by atoms with Gasteiger partial charge in [-0.1, -0.05) is 6.07 Å². The van der Waals surface area contributed by atoms with Crippen molar-refractivity contribution in [3.63, 3.8) is 0 Å². The van der Waals surface area contributed by atoms with Crippen molar-refractivity contribution >= 4 is 11.9 Å². The predicted molar refractivity (Wildman–Crippen MR) is 112 cm³/mol. The Kier molecular flexibility index (Phi) is 9.41. The van der Waals surface area contributed by atoms with E-state index in [0.29, 0.717) is 38.0 Å². The average Bonchev–Trinajstić information content (AvgIpc) is 3.25. The number of aliphatic imine (C=N–C) groups is 1. The summed E-state index contributed by atoms with van der Waals surface area (Å²) in [5.41, 5.74) is 1.12. The Morgan fingerprint density at radius 2 is 1.86 bits per heavy atom. The molecule has 0 aliphatic carbocycles. The Labute approximate surface area is 171 Å². The molecule has 0 bridgehead atoms. The number of hydrogen-bond acceptors (Lipinski definition) is 5. The van der Waals surface area contributed by atoms with Crippen molar-refractivity contribution in [2.45, 2.75) is 26.8 Å². The second-order valence-electron chi connectivity index (χ2n) is 6.11. The van der Waals surface area contributed by atoms with Crippen molar-refractivity contribution in [2.75, 3.05) is 33.4 Å². The molecule has 0 radical (unpaired) electrons. The molecule has 0 fully saturated rings. The lowest BCUT2D eigenvalue weighted by Gasteiger charge is -2.14. The van der Waals surface area contributed by atoms with Crippen LogP contribution in [0.5, 0.6) is 11.5 Å². The van der Waals surface area contributed by atoms with Gasteiger partial charge in [-0.3, -0.25) is 9.79 Å². The molecule has 0 aliphatic rings. The average molecular weight is 402 g/mol. The van der Waals surface area contributed by atoms with E-state index in [1.807, 2.05) is 38.1 Å². The second kappa shape index (κ2) is 12.3. The number of carbonyl (C=O) groups is 1. The van der Waals surface area contributed by atoms with Gasteiger partial charge >= 0.3 is 0 Å². The summed E-state index contributed by atoms with van der Waals surface area (Å²) < 4.78 is 16.4. The van der Waals surface area contributed by atoms with Gasteiger partial charge in [0.2, 0.25) is 5.91 Å². The summed E-state index contributed by atoms with van der Waals surface area (Å²) in [5, 5.41) is 8.97. The Morgan fingerprint density at radius 1 is 1.07 bits per heavy atom. The Bertz CT molecular complexity index is 775. The summed E-state index contributed by atoms with van der Waals surface area (Å²) in [6.07, 6.45) is 2.35. The predicted octanol–water partition coefficient (Wildman–Crippen LogP) is 2.10. The van der Waals surface area contributed by atoms with Crippen molar-refractivity contribution < 1.29 is 18.7 Å². The topological polar surface area (TPSA) is 97.1 Å².